The number of fused-ring (bicyclic) bond motifs is 1. The van der Waals surface area contributed by atoms with E-state index in [-0.39, 0.29) is 30.7 Å². The number of ether oxygens (including phenoxy) is 1. The topological polar surface area (TPSA) is 65.6 Å². The highest BCUT2D eigenvalue weighted by Crippen LogP contribution is 2.34. The molecule has 0 spiro atoms. The van der Waals surface area contributed by atoms with Crippen LogP contribution in [0.3, 0.4) is 0 Å². The normalized spacial score (nSPS) is 16.2. The van der Waals surface area contributed by atoms with Gasteiger partial charge < -0.3 is 4.74 Å². The van der Waals surface area contributed by atoms with Crippen LogP contribution >= 0.6 is 0 Å². The number of rotatable bonds is 5. The average molecular weight is 275 g/mol. The van der Waals surface area contributed by atoms with E-state index in [1.54, 1.807) is 18.3 Å². The molecule has 106 valence electrons. The summed E-state index contributed by atoms with van der Waals surface area (Å²) >= 11 is 0. The van der Waals surface area contributed by atoms with Crippen molar-refractivity contribution < 1.29 is 9.53 Å². The van der Waals surface area contributed by atoms with Crippen LogP contribution in [0.15, 0.2) is 29.2 Å². The molecule has 1 aliphatic rings. The summed E-state index contributed by atoms with van der Waals surface area (Å²) < 4.78 is 8.08. The first-order chi connectivity index (χ1) is 9.65. The number of carbonyl (C=O) groups is 1. The minimum atomic E-state index is -0.270. The van der Waals surface area contributed by atoms with Crippen LogP contribution < -0.4 is 5.69 Å². The molecule has 6 heteroatoms. The van der Waals surface area contributed by atoms with E-state index in [0.717, 1.165) is 12.8 Å². The molecule has 0 saturated heterocycles. The van der Waals surface area contributed by atoms with Gasteiger partial charge in [-0.2, -0.15) is 0 Å². The van der Waals surface area contributed by atoms with Crippen LogP contribution in [0.5, 0.6) is 0 Å². The smallest absolute Gasteiger partial charge is 0.350 e. The predicted octanol–water partition coefficient (Wildman–Crippen LogP) is 1.23. The Morgan fingerprint density at radius 1 is 1.50 bits per heavy atom. The molecule has 0 amide bonds. The Balaban J connectivity index is 1.63. The Hall–Kier alpha value is -2.11. The zero-order valence-electron chi connectivity index (χ0n) is 11.4. The van der Waals surface area contributed by atoms with Crippen LogP contribution in [0.4, 0.5) is 0 Å². The number of hydrogen-bond acceptors (Lipinski definition) is 4. The highest BCUT2D eigenvalue weighted by molar-refractivity contribution is 5.69. The molecule has 1 unspecified atom stereocenters. The first-order valence-electron chi connectivity index (χ1n) is 6.89. The van der Waals surface area contributed by atoms with Gasteiger partial charge in [-0.3, -0.25) is 9.20 Å². The second-order valence-electron chi connectivity index (χ2n) is 5.22. The number of nitrogens with zero attached hydrogens (tertiary/aromatic N) is 3. The van der Waals surface area contributed by atoms with Crippen molar-refractivity contribution in [2.45, 2.75) is 38.8 Å². The molecular formula is C14H17N3O3. The molecule has 0 aromatic carbocycles. The van der Waals surface area contributed by atoms with Gasteiger partial charge in [-0.15, -0.1) is 5.10 Å². The summed E-state index contributed by atoms with van der Waals surface area (Å²) in [6, 6.07) is 5.34. The minimum absolute atomic E-state index is 0.0136. The summed E-state index contributed by atoms with van der Waals surface area (Å²) in [5.74, 6) is 0.255. The fraction of sp³-hybridized carbons (Fsp3) is 0.500. The Morgan fingerprint density at radius 2 is 2.30 bits per heavy atom. The van der Waals surface area contributed by atoms with Gasteiger partial charge in [0.25, 0.3) is 0 Å². The zero-order valence-corrected chi connectivity index (χ0v) is 11.4. The minimum Gasteiger partial charge on any atom is -0.462 e. The molecule has 1 aliphatic carbocycles. The largest absolute Gasteiger partial charge is 0.462 e. The molecule has 3 rings (SSSR count). The van der Waals surface area contributed by atoms with Gasteiger partial charge in [0.2, 0.25) is 0 Å². The van der Waals surface area contributed by atoms with Crippen LogP contribution in [0, 0.1) is 5.92 Å². The lowest BCUT2D eigenvalue weighted by Crippen LogP contribution is -2.24. The Bertz CT molecular complexity index is 684. The van der Waals surface area contributed by atoms with Gasteiger partial charge in [-0.1, -0.05) is 6.07 Å². The third-order valence-electron chi connectivity index (χ3n) is 3.62. The molecular weight excluding hydrogens is 258 g/mol. The maximum atomic E-state index is 12.0. The molecule has 6 nitrogen and oxygen atoms in total. The standard InChI is InChI=1S/C14H17N3O3/c1-10(11-5-6-11)20-13(18)7-9-17-14(19)16-8-3-2-4-12(16)15-17/h2-4,8,10-11H,5-7,9H2,1H3. The molecule has 0 bridgehead atoms. The van der Waals surface area contributed by atoms with E-state index >= 15 is 0 Å². The molecule has 2 aromatic heterocycles. The molecule has 1 fully saturated rings. The zero-order chi connectivity index (χ0) is 14.1. The molecule has 1 atom stereocenters. The molecule has 0 N–H and O–H groups in total. The monoisotopic (exact) mass is 275 g/mol. The van der Waals surface area contributed by atoms with Crippen LogP contribution in [-0.4, -0.2) is 26.3 Å². The second kappa shape index (κ2) is 5.11. The fourth-order valence-electron chi connectivity index (χ4n) is 2.24. The summed E-state index contributed by atoms with van der Waals surface area (Å²) in [6.45, 7) is 2.17. The summed E-state index contributed by atoms with van der Waals surface area (Å²) in [6.07, 6.45) is 4.09. The Morgan fingerprint density at radius 3 is 3.00 bits per heavy atom. The summed E-state index contributed by atoms with van der Waals surface area (Å²) in [4.78, 5) is 23.7. The molecule has 2 heterocycles. The van der Waals surface area contributed by atoms with E-state index in [1.807, 2.05) is 13.0 Å². The van der Waals surface area contributed by atoms with Crippen molar-refractivity contribution in [2.24, 2.45) is 5.92 Å². The van der Waals surface area contributed by atoms with E-state index in [4.69, 9.17) is 4.74 Å². The van der Waals surface area contributed by atoms with Gasteiger partial charge in [0.05, 0.1) is 13.0 Å². The van der Waals surface area contributed by atoms with Crippen molar-refractivity contribution in [3.8, 4) is 0 Å². The van der Waals surface area contributed by atoms with E-state index < -0.39 is 0 Å². The number of carbonyl (C=O) groups excluding carboxylic acids is 1. The maximum Gasteiger partial charge on any atom is 0.350 e. The number of pyridine rings is 1. The van der Waals surface area contributed by atoms with Crippen molar-refractivity contribution in [3.05, 3.63) is 34.9 Å². The van der Waals surface area contributed by atoms with Gasteiger partial charge in [0.15, 0.2) is 5.65 Å². The quantitative estimate of drug-likeness (QED) is 0.770. The Kier molecular flexibility index (Phi) is 3.30. The number of esters is 1. The number of hydrogen-bond donors (Lipinski definition) is 0. The van der Waals surface area contributed by atoms with E-state index in [0.29, 0.717) is 11.6 Å². The predicted molar refractivity (Wildman–Crippen MR) is 72.3 cm³/mol. The van der Waals surface area contributed by atoms with Crippen LogP contribution in [0.2, 0.25) is 0 Å². The highest BCUT2D eigenvalue weighted by Gasteiger charge is 2.30. The lowest BCUT2D eigenvalue weighted by Gasteiger charge is -2.11. The number of aryl methyl sites for hydroxylation is 1. The molecule has 1 saturated carbocycles. The lowest BCUT2D eigenvalue weighted by molar-refractivity contribution is -0.149. The van der Waals surface area contributed by atoms with E-state index in [9.17, 15) is 9.59 Å². The number of aromatic nitrogens is 3. The molecule has 0 radical (unpaired) electrons. The first kappa shape index (κ1) is 12.9. The van der Waals surface area contributed by atoms with Gasteiger partial charge in [-0.05, 0) is 37.8 Å². The summed E-state index contributed by atoms with van der Waals surface area (Å²) in [7, 11) is 0. The molecule has 2 aromatic rings. The fourth-order valence-corrected chi connectivity index (χ4v) is 2.24. The first-order valence-corrected chi connectivity index (χ1v) is 6.89. The van der Waals surface area contributed by atoms with E-state index in [1.165, 1.54) is 9.08 Å². The van der Waals surface area contributed by atoms with Crippen molar-refractivity contribution in [2.75, 3.05) is 0 Å². The van der Waals surface area contributed by atoms with Crippen LogP contribution in [0.1, 0.15) is 26.2 Å². The van der Waals surface area contributed by atoms with Crippen LogP contribution in [0.25, 0.3) is 5.65 Å². The molecule has 0 aliphatic heterocycles. The van der Waals surface area contributed by atoms with Gasteiger partial charge in [0, 0.05) is 6.20 Å². The van der Waals surface area contributed by atoms with Gasteiger partial charge in [-0.25, -0.2) is 9.48 Å². The average Bonchev–Trinajstić information content (AvgIpc) is 3.23. The Labute approximate surface area is 116 Å². The molecule has 20 heavy (non-hydrogen) atoms. The second-order valence-corrected chi connectivity index (χ2v) is 5.22. The van der Waals surface area contributed by atoms with Crippen molar-refractivity contribution in [1.29, 1.82) is 0 Å². The van der Waals surface area contributed by atoms with Crippen molar-refractivity contribution >= 4 is 11.6 Å². The van der Waals surface area contributed by atoms with Crippen LogP contribution in [-0.2, 0) is 16.1 Å². The SMILES string of the molecule is CC(OC(=O)CCn1nc2ccccn2c1=O)C1CC1. The lowest BCUT2D eigenvalue weighted by atomic mass is 10.3. The van der Waals surface area contributed by atoms with Crippen molar-refractivity contribution in [1.82, 2.24) is 14.2 Å². The van der Waals surface area contributed by atoms with Crippen molar-refractivity contribution in [3.63, 3.8) is 0 Å². The van der Waals surface area contributed by atoms with Gasteiger partial charge >= 0.3 is 11.7 Å². The van der Waals surface area contributed by atoms with E-state index in [2.05, 4.69) is 5.10 Å². The summed E-state index contributed by atoms with van der Waals surface area (Å²) in [5.41, 5.74) is 0.348. The van der Waals surface area contributed by atoms with Gasteiger partial charge in [0.1, 0.15) is 6.10 Å². The highest BCUT2D eigenvalue weighted by atomic mass is 16.5. The third-order valence-corrected chi connectivity index (χ3v) is 3.62. The summed E-state index contributed by atoms with van der Waals surface area (Å²) in [5, 5.41) is 4.17. The maximum absolute atomic E-state index is 12.0. The third kappa shape index (κ3) is 2.59.